The minimum absolute atomic E-state index is 0.197. The fraction of sp³-hybridized carbons (Fsp3) is 0.0500. The van der Waals surface area contributed by atoms with Crippen LogP contribution in [0.15, 0.2) is 59.2 Å². The van der Waals surface area contributed by atoms with Gasteiger partial charge in [-0.3, -0.25) is 9.59 Å². The molecule has 3 N–H and O–H groups in total. The molecule has 2 aromatic heterocycles. The number of carbonyl (C=O) groups excluding carboxylic acids is 2. The van der Waals surface area contributed by atoms with Crippen LogP contribution in [0.1, 0.15) is 10.4 Å². The molecule has 0 saturated carbocycles. The third-order valence-corrected chi connectivity index (χ3v) is 4.85. The van der Waals surface area contributed by atoms with Gasteiger partial charge in [-0.25, -0.2) is 4.98 Å². The molecule has 2 heterocycles. The Hall–Kier alpha value is -3.29. The first-order chi connectivity index (χ1) is 14.0. The van der Waals surface area contributed by atoms with Gasteiger partial charge in [0, 0.05) is 11.3 Å². The normalized spacial score (nSPS) is 10.8. The van der Waals surface area contributed by atoms with Crippen molar-refractivity contribution in [3.05, 3.63) is 70.4 Å². The van der Waals surface area contributed by atoms with E-state index in [0.29, 0.717) is 27.9 Å². The number of aromatic amines is 1. The first-order valence-electron chi connectivity index (χ1n) is 8.56. The molecule has 2 amide bonds. The SMILES string of the molecule is O=C(CNC(=O)c1ccc(Cl)c(Cl)c1)Nc1ccc2nc(-c3ccco3)[nH]c2c1. The Bertz CT molecular complexity index is 1200. The van der Waals surface area contributed by atoms with Crippen LogP contribution in [-0.4, -0.2) is 28.3 Å². The number of aromatic nitrogens is 2. The highest BCUT2D eigenvalue weighted by atomic mass is 35.5. The van der Waals surface area contributed by atoms with Crippen molar-refractivity contribution in [2.75, 3.05) is 11.9 Å². The zero-order chi connectivity index (χ0) is 20.4. The lowest BCUT2D eigenvalue weighted by Crippen LogP contribution is -2.32. The number of hydrogen-bond acceptors (Lipinski definition) is 4. The monoisotopic (exact) mass is 428 g/mol. The van der Waals surface area contributed by atoms with Gasteiger partial charge in [0.15, 0.2) is 11.6 Å². The number of nitrogens with zero attached hydrogens (tertiary/aromatic N) is 1. The Morgan fingerprint density at radius 2 is 1.93 bits per heavy atom. The second kappa shape index (κ2) is 7.98. The molecule has 4 aromatic rings. The summed E-state index contributed by atoms with van der Waals surface area (Å²) in [5, 5.41) is 5.89. The minimum atomic E-state index is -0.425. The Labute approximate surface area is 175 Å². The molecule has 0 unspecified atom stereocenters. The van der Waals surface area contributed by atoms with Crippen molar-refractivity contribution in [1.29, 1.82) is 0 Å². The van der Waals surface area contributed by atoms with E-state index >= 15 is 0 Å². The van der Waals surface area contributed by atoms with E-state index < -0.39 is 5.91 Å². The molecule has 0 radical (unpaired) electrons. The number of halogens is 2. The van der Waals surface area contributed by atoms with Gasteiger partial charge in [-0.1, -0.05) is 23.2 Å². The molecular formula is C20H14Cl2N4O3. The Morgan fingerprint density at radius 3 is 2.69 bits per heavy atom. The molecule has 4 rings (SSSR count). The quantitative estimate of drug-likeness (QED) is 0.435. The van der Waals surface area contributed by atoms with Crippen molar-refractivity contribution in [3.63, 3.8) is 0 Å². The van der Waals surface area contributed by atoms with Gasteiger partial charge in [0.05, 0.1) is 33.9 Å². The van der Waals surface area contributed by atoms with Gasteiger partial charge in [0.25, 0.3) is 5.91 Å². The van der Waals surface area contributed by atoms with Crippen LogP contribution in [-0.2, 0) is 4.79 Å². The topological polar surface area (TPSA) is 100 Å². The van der Waals surface area contributed by atoms with E-state index in [9.17, 15) is 9.59 Å². The zero-order valence-corrected chi connectivity index (χ0v) is 16.3. The van der Waals surface area contributed by atoms with Crippen molar-refractivity contribution in [3.8, 4) is 11.6 Å². The number of benzene rings is 2. The molecule has 0 aliphatic heterocycles. The van der Waals surface area contributed by atoms with E-state index in [2.05, 4.69) is 20.6 Å². The highest BCUT2D eigenvalue weighted by molar-refractivity contribution is 6.42. The molecule has 0 spiro atoms. The predicted octanol–water partition coefficient (Wildman–Crippen LogP) is 4.50. The van der Waals surface area contributed by atoms with Gasteiger partial charge in [-0.15, -0.1) is 0 Å². The molecule has 0 aliphatic carbocycles. The molecule has 0 saturated heterocycles. The fourth-order valence-corrected chi connectivity index (χ4v) is 3.02. The fourth-order valence-electron chi connectivity index (χ4n) is 2.72. The molecule has 0 bridgehead atoms. The summed E-state index contributed by atoms with van der Waals surface area (Å²) >= 11 is 11.7. The van der Waals surface area contributed by atoms with E-state index in [0.717, 1.165) is 11.0 Å². The molecule has 2 aromatic carbocycles. The highest BCUT2D eigenvalue weighted by Gasteiger charge is 2.12. The number of furan rings is 1. The lowest BCUT2D eigenvalue weighted by atomic mass is 10.2. The van der Waals surface area contributed by atoms with Crippen molar-refractivity contribution < 1.29 is 14.0 Å². The van der Waals surface area contributed by atoms with Gasteiger partial charge < -0.3 is 20.0 Å². The number of imidazole rings is 1. The number of fused-ring (bicyclic) bond motifs is 1. The van der Waals surface area contributed by atoms with E-state index in [1.807, 2.05) is 0 Å². The van der Waals surface area contributed by atoms with Gasteiger partial charge >= 0.3 is 0 Å². The summed E-state index contributed by atoms with van der Waals surface area (Å²) in [4.78, 5) is 31.9. The summed E-state index contributed by atoms with van der Waals surface area (Å²) in [5.41, 5.74) is 2.37. The molecular weight excluding hydrogens is 415 g/mol. The molecule has 0 aliphatic rings. The number of amides is 2. The summed E-state index contributed by atoms with van der Waals surface area (Å²) in [6, 6.07) is 13.3. The van der Waals surface area contributed by atoms with Gasteiger partial charge in [-0.2, -0.15) is 0 Å². The Morgan fingerprint density at radius 1 is 1.07 bits per heavy atom. The summed E-state index contributed by atoms with van der Waals surface area (Å²) in [7, 11) is 0. The smallest absolute Gasteiger partial charge is 0.251 e. The van der Waals surface area contributed by atoms with Gasteiger partial charge in [0.1, 0.15) is 0 Å². The number of rotatable bonds is 5. The molecule has 0 fully saturated rings. The van der Waals surface area contributed by atoms with E-state index in [-0.39, 0.29) is 17.5 Å². The lowest BCUT2D eigenvalue weighted by molar-refractivity contribution is -0.115. The van der Waals surface area contributed by atoms with E-state index in [4.69, 9.17) is 27.6 Å². The van der Waals surface area contributed by atoms with Crippen LogP contribution in [0.25, 0.3) is 22.6 Å². The van der Waals surface area contributed by atoms with Crippen molar-refractivity contribution in [2.45, 2.75) is 0 Å². The van der Waals surface area contributed by atoms with Crippen LogP contribution in [0.5, 0.6) is 0 Å². The summed E-state index contributed by atoms with van der Waals surface area (Å²) < 4.78 is 5.33. The van der Waals surface area contributed by atoms with Crippen molar-refractivity contribution >= 4 is 51.7 Å². The molecule has 9 heteroatoms. The maximum atomic E-state index is 12.2. The second-order valence-electron chi connectivity index (χ2n) is 6.15. The second-order valence-corrected chi connectivity index (χ2v) is 6.97. The third kappa shape index (κ3) is 4.26. The first-order valence-corrected chi connectivity index (χ1v) is 9.32. The van der Waals surface area contributed by atoms with Crippen LogP contribution >= 0.6 is 23.2 Å². The van der Waals surface area contributed by atoms with Crippen molar-refractivity contribution in [1.82, 2.24) is 15.3 Å². The largest absolute Gasteiger partial charge is 0.461 e. The zero-order valence-electron chi connectivity index (χ0n) is 14.8. The summed E-state index contributed by atoms with van der Waals surface area (Å²) in [6.45, 7) is -0.197. The van der Waals surface area contributed by atoms with Crippen LogP contribution in [0.3, 0.4) is 0 Å². The first kappa shape index (κ1) is 19.0. The van der Waals surface area contributed by atoms with E-state index in [1.165, 1.54) is 18.2 Å². The molecule has 29 heavy (non-hydrogen) atoms. The molecule has 0 atom stereocenters. The minimum Gasteiger partial charge on any atom is -0.461 e. The Balaban J connectivity index is 1.39. The Kier molecular flexibility index (Phi) is 5.24. The van der Waals surface area contributed by atoms with Crippen molar-refractivity contribution in [2.24, 2.45) is 0 Å². The predicted molar refractivity (Wildman–Crippen MR) is 111 cm³/mol. The van der Waals surface area contributed by atoms with Gasteiger partial charge in [-0.05, 0) is 48.5 Å². The van der Waals surface area contributed by atoms with Crippen LogP contribution < -0.4 is 10.6 Å². The number of hydrogen-bond donors (Lipinski definition) is 3. The average Bonchev–Trinajstić information content (AvgIpc) is 3.37. The number of nitrogens with one attached hydrogen (secondary N) is 3. The molecule has 7 nitrogen and oxygen atoms in total. The average molecular weight is 429 g/mol. The van der Waals surface area contributed by atoms with E-state index in [1.54, 1.807) is 36.6 Å². The number of anilines is 1. The molecule has 146 valence electrons. The maximum absolute atomic E-state index is 12.2. The maximum Gasteiger partial charge on any atom is 0.251 e. The number of H-pyrrole nitrogens is 1. The lowest BCUT2D eigenvalue weighted by Gasteiger charge is -2.07. The van der Waals surface area contributed by atoms with Crippen LogP contribution in [0, 0.1) is 0 Å². The third-order valence-electron chi connectivity index (χ3n) is 4.11. The van der Waals surface area contributed by atoms with Crippen LogP contribution in [0.2, 0.25) is 10.0 Å². The summed E-state index contributed by atoms with van der Waals surface area (Å²) in [6.07, 6.45) is 1.57. The standard InChI is InChI=1S/C20H14Cl2N4O3/c21-13-5-3-11(8-14(13)22)20(28)23-10-18(27)24-12-4-6-15-16(9-12)26-19(25-15)17-2-1-7-29-17/h1-9H,10H2,(H,23,28)(H,24,27)(H,25,26). The summed E-state index contributed by atoms with van der Waals surface area (Å²) in [5.74, 6) is 0.425. The van der Waals surface area contributed by atoms with Crippen LogP contribution in [0.4, 0.5) is 5.69 Å². The number of carbonyl (C=O) groups is 2. The highest BCUT2D eigenvalue weighted by Crippen LogP contribution is 2.24. The van der Waals surface area contributed by atoms with Gasteiger partial charge in [0.2, 0.25) is 5.91 Å².